The van der Waals surface area contributed by atoms with E-state index in [2.05, 4.69) is 26.0 Å². The van der Waals surface area contributed by atoms with Gasteiger partial charge in [-0.1, -0.05) is 122 Å². The number of carbonyl (C=O) groups is 2. The molecule has 0 aliphatic carbocycles. The van der Waals surface area contributed by atoms with Crippen LogP contribution in [0.1, 0.15) is 187 Å². The molecule has 0 aromatic heterocycles. The monoisotopic (exact) mass is 536 g/mol. The summed E-state index contributed by atoms with van der Waals surface area (Å²) in [7, 11) is 0. The Kier molecular flexibility index (Phi) is 29.2. The molecule has 0 radical (unpaired) electrons. The zero-order chi connectivity index (χ0) is 27.9. The maximum atomic E-state index is 12.4. The van der Waals surface area contributed by atoms with Crippen LogP contribution < -0.4 is 0 Å². The van der Waals surface area contributed by atoms with Crippen LogP contribution in [0.15, 0.2) is 12.2 Å². The van der Waals surface area contributed by atoms with Crippen molar-refractivity contribution in [2.75, 3.05) is 0 Å². The van der Waals surface area contributed by atoms with Gasteiger partial charge in [0.05, 0.1) is 0 Å². The van der Waals surface area contributed by atoms with Gasteiger partial charge in [0, 0.05) is 12.8 Å². The van der Waals surface area contributed by atoms with Crippen LogP contribution in [0.2, 0.25) is 0 Å². The largest absolute Gasteiger partial charge is 0.481 e. The van der Waals surface area contributed by atoms with Gasteiger partial charge in [0.25, 0.3) is 0 Å². The molecule has 1 N–H and O–H groups in total. The van der Waals surface area contributed by atoms with E-state index in [1.165, 1.54) is 109 Å². The minimum atomic E-state index is -0.728. The Bertz CT molecular complexity index is 543. The average molecular weight is 537 g/mol. The fourth-order valence-electron chi connectivity index (χ4n) is 5.00. The maximum absolute atomic E-state index is 12.4. The van der Waals surface area contributed by atoms with Crippen LogP contribution in [-0.2, 0) is 14.3 Å². The molecule has 0 heterocycles. The van der Waals surface area contributed by atoms with Crippen molar-refractivity contribution < 1.29 is 19.4 Å². The lowest BCUT2D eigenvalue weighted by atomic mass is 10.0. The molecule has 4 heteroatoms. The van der Waals surface area contributed by atoms with E-state index in [0.717, 1.165) is 44.9 Å². The molecule has 224 valence electrons. The number of allylic oxidation sites excluding steroid dienone is 2. The third-order valence-corrected chi connectivity index (χ3v) is 7.49. The normalized spacial score (nSPS) is 12.3. The quantitative estimate of drug-likeness (QED) is 0.0563. The maximum Gasteiger partial charge on any atom is 0.306 e. The van der Waals surface area contributed by atoms with Crippen LogP contribution in [0.5, 0.6) is 0 Å². The van der Waals surface area contributed by atoms with Crippen molar-refractivity contribution in [3.05, 3.63) is 12.2 Å². The second-order valence-corrected chi connectivity index (χ2v) is 11.3. The summed E-state index contributed by atoms with van der Waals surface area (Å²) < 4.78 is 5.83. The average Bonchev–Trinajstić information content (AvgIpc) is 2.89. The predicted octanol–water partition coefficient (Wildman–Crippen LogP) is 11.1. The molecule has 0 spiro atoms. The van der Waals surface area contributed by atoms with Gasteiger partial charge < -0.3 is 9.84 Å². The van der Waals surface area contributed by atoms with Gasteiger partial charge in [0.2, 0.25) is 0 Å². The Labute approximate surface area is 236 Å². The van der Waals surface area contributed by atoms with Gasteiger partial charge in [-0.3, -0.25) is 9.59 Å². The second kappa shape index (κ2) is 30.2. The van der Waals surface area contributed by atoms with Crippen molar-refractivity contribution >= 4 is 11.9 Å². The number of carboxylic acid groups (broad SMARTS) is 1. The molecule has 0 bridgehead atoms. The molecule has 0 aromatic rings. The van der Waals surface area contributed by atoms with E-state index in [1.807, 2.05) is 0 Å². The van der Waals surface area contributed by atoms with E-state index in [-0.39, 0.29) is 18.5 Å². The molecule has 4 nitrogen and oxygen atoms in total. The minimum Gasteiger partial charge on any atom is -0.481 e. The van der Waals surface area contributed by atoms with Gasteiger partial charge in [-0.05, 0) is 64.2 Å². The van der Waals surface area contributed by atoms with Crippen LogP contribution in [0, 0.1) is 0 Å². The molecule has 0 saturated carbocycles. The Hall–Kier alpha value is -1.32. The first kappa shape index (κ1) is 36.7. The van der Waals surface area contributed by atoms with Gasteiger partial charge in [-0.2, -0.15) is 0 Å². The molecule has 0 rings (SSSR count). The molecule has 0 saturated heterocycles. The van der Waals surface area contributed by atoms with Crippen molar-refractivity contribution in [3.8, 4) is 0 Å². The molecule has 0 aromatic carbocycles. The Morgan fingerprint density at radius 1 is 0.553 bits per heavy atom. The van der Waals surface area contributed by atoms with E-state index in [1.54, 1.807) is 0 Å². The van der Waals surface area contributed by atoms with Gasteiger partial charge in [-0.25, -0.2) is 0 Å². The number of aliphatic carboxylic acids is 1. The lowest BCUT2D eigenvalue weighted by Crippen LogP contribution is -2.18. The molecule has 1 atom stereocenters. The van der Waals surface area contributed by atoms with Gasteiger partial charge in [-0.15, -0.1) is 0 Å². The second-order valence-electron chi connectivity index (χ2n) is 11.3. The first-order valence-electron chi connectivity index (χ1n) is 16.7. The van der Waals surface area contributed by atoms with Crippen LogP contribution >= 0.6 is 0 Å². The first-order valence-corrected chi connectivity index (χ1v) is 16.7. The fraction of sp³-hybridized carbons (Fsp3) is 0.882. The number of hydrogen-bond acceptors (Lipinski definition) is 3. The smallest absolute Gasteiger partial charge is 0.306 e. The van der Waals surface area contributed by atoms with E-state index >= 15 is 0 Å². The number of esters is 1. The standard InChI is InChI=1S/C34H64O4/c1-3-5-7-9-10-11-12-13-14-15-16-17-18-19-20-21-22-27-31-34(37)38-32(28-24-8-6-4-2)29-25-23-26-30-33(35)36/h14-15,32H,3-13,16-31H2,1-2H3,(H,35,36)/b15-14-. The third-order valence-electron chi connectivity index (χ3n) is 7.49. The van der Waals surface area contributed by atoms with Crippen molar-refractivity contribution in [2.24, 2.45) is 0 Å². The van der Waals surface area contributed by atoms with Gasteiger partial charge >= 0.3 is 11.9 Å². The predicted molar refractivity (Wildman–Crippen MR) is 163 cm³/mol. The van der Waals surface area contributed by atoms with Crippen molar-refractivity contribution in [2.45, 2.75) is 193 Å². The third kappa shape index (κ3) is 29.2. The van der Waals surface area contributed by atoms with Crippen LogP contribution in [0.4, 0.5) is 0 Å². The highest BCUT2D eigenvalue weighted by atomic mass is 16.5. The number of unbranched alkanes of at least 4 members (excludes halogenated alkanes) is 19. The van der Waals surface area contributed by atoms with Crippen LogP contribution in [-0.4, -0.2) is 23.1 Å². The highest BCUT2D eigenvalue weighted by molar-refractivity contribution is 5.69. The highest BCUT2D eigenvalue weighted by Crippen LogP contribution is 2.17. The summed E-state index contributed by atoms with van der Waals surface area (Å²) in [4.78, 5) is 23.1. The van der Waals surface area contributed by atoms with Gasteiger partial charge in [0.15, 0.2) is 0 Å². The topological polar surface area (TPSA) is 63.6 Å². The Morgan fingerprint density at radius 2 is 0.947 bits per heavy atom. The zero-order valence-electron chi connectivity index (χ0n) is 25.5. The zero-order valence-corrected chi connectivity index (χ0v) is 25.5. The Balaban J connectivity index is 3.69. The van der Waals surface area contributed by atoms with Crippen molar-refractivity contribution in [3.63, 3.8) is 0 Å². The molecule has 0 aliphatic heterocycles. The number of ether oxygens (including phenoxy) is 1. The summed E-state index contributed by atoms with van der Waals surface area (Å²) in [6.07, 6.45) is 35.3. The fourth-order valence-corrected chi connectivity index (χ4v) is 5.00. The summed E-state index contributed by atoms with van der Waals surface area (Å²) in [6, 6.07) is 0. The first-order chi connectivity index (χ1) is 18.6. The minimum absolute atomic E-state index is 0.00813. The summed E-state index contributed by atoms with van der Waals surface area (Å²) in [6.45, 7) is 4.48. The molecular formula is C34H64O4. The molecule has 0 fully saturated rings. The number of carbonyl (C=O) groups excluding carboxylic acids is 1. The van der Waals surface area contributed by atoms with Crippen LogP contribution in [0.25, 0.3) is 0 Å². The summed E-state index contributed by atoms with van der Waals surface area (Å²) in [5.41, 5.74) is 0. The van der Waals surface area contributed by atoms with Crippen molar-refractivity contribution in [1.82, 2.24) is 0 Å². The molecule has 0 aliphatic rings. The number of carboxylic acids is 1. The van der Waals surface area contributed by atoms with Crippen molar-refractivity contribution in [1.29, 1.82) is 0 Å². The van der Waals surface area contributed by atoms with E-state index in [4.69, 9.17) is 9.84 Å². The van der Waals surface area contributed by atoms with Crippen LogP contribution in [0.3, 0.4) is 0 Å². The van der Waals surface area contributed by atoms with E-state index < -0.39 is 5.97 Å². The van der Waals surface area contributed by atoms with E-state index in [0.29, 0.717) is 12.8 Å². The number of rotatable bonds is 30. The molecule has 0 amide bonds. The van der Waals surface area contributed by atoms with E-state index in [9.17, 15) is 9.59 Å². The summed E-state index contributed by atoms with van der Waals surface area (Å²) >= 11 is 0. The highest BCUT2D eigenvalue weighted by Gasteiger charge is 2.14. The number of hydrogen-bond donors (Lipinski definition) is 1. The molecule has 1 unspecified atom stereocenters. The molecule has 38 heavy (non-hydrogen) atoms. The SMILES string of the molecule is CCCCCCCCC/C=C\CCCCCCCCCC(=O)OC(CCCCCC)CCCCCC(=O)O. The Morgan fingerprint density at radius 3 is 1.45 bits per heavy atom. The summed E-state index contributed by atoms with van der Waals surface area (Å²) in [5.74, 6) is -0.770. The lowest BCUT2D eigenvalue weighted by molar-refractivity contribution is -0.150. The summed E-state index contributed by atoms with van der Waals surface area (Å²) in [5, 5.41) is 8.78. The van der Waals surface area contributed by atoms with Gasteiger partial charge in [0.1, 0.15) is 6.10 Å². The lowest BCUT2D eigenvalue weighted by Gasteiger charge is -2.18. The molecular weight excluding hydrogens is 472 g/mol.